The molecule has 0 saturated carbocycles. The molecule has 0 bridgehead atoms. The molecule has 8 nitrogen and oxygen atoms in total. The van der Waals surface area contributed by atoms with Crippen molar-refractivity contribution in [2.24, 2.45) is 23.7 Å². The largest absolute Gasteiger partial charge is 0.493 e. The summed E-state index contributed by atoms with van der Waals surface area (Å²) in [6, 6.07) is 4.49. The summed E-state index contributed by atoms with van der Waals surface area (Å²) in [6.07, 6.45) is 5.57. The Kier molecular flexibility index (Phi) is 8.52. The summed E-state index contributed by atoms with van der Waals surface area (Å²) in [6.45, 7) is 7.59. The Morgan fingerprint density at radius 3 is 2.47 bits per heavy atom. The van der Waals surface area contributed by atoms with Gasteiger partial charge in [-0.2, -0.15) is 0 Å². The Morgan fingerprint density at radius 1 is 1.08 bits per heavy atom. The number of piperidine rings is 2. The first kappa shape index (κ1) is 27.2. The summed E-state index contributed by atoms with van der Waals surface area (Å²) in [5, 5.41) is 0. The Balaban J connectivity index is 1.49. The average Bonchev–Trinajstić information content (AvgIpc) is 2.85. The van der Waals surface area contributed by atoms with Gasteiger partial charge in [0.15, 0.2) is 11.5 Å². The molecule has 202 valence electrons. The van der Waals surface area contributed by atoms with Crippen LogP contribution in [0.3, 0.4) is 0 Å². The number of methoxy groups -OCH3 is 2. The molecule has 0 spiro atoms. The van der Waals surface area contributed by atoms with Gasteiger partial charge >= 0.3 is 5.97 Å². The van der Waals surface area contributed by atoms with Gasteiger partial charge in [-0.05, 0) is 73.1 Å². The minimum Gasteiger partial charge on any atom is -0.493 e. The minimum absolute atomic E-state index is 0.225. The van der Waals surface area contributed by atoms with Crippen LogP contribution in [0.1, 0.15) is 56.7 Å². The third-order valence-electron chi connectivity index (χ3n) is 8.18. The molecule has 0 N–H and O–H groups in total. The fourth-order valence-electron chi connectivity index (χ4n) is 6.32. The Labute approximate surface area is 216 Å². The van der Waals surface area contributed by atoms with E-state index in [-0.39, 0.29) is 30.4 Å². The van der Waals surface area contributed by atoms with Gasteiger partial charge in [-0.25, -0.2) is 12.7 Å². The first-order chi connectivity index (χ1) is 17.1. The predicted octanol–water partition coefficient (Wildman–Crippen LogP) is 3.50. The molecule has 2 fully saturated rings. The lowest BCUT2D eigenvalue weighted by molar-refractivity contribution is -0.153. The van der Waals surface area contributed by atoms with E-state index in [4.69, 9.17) is 14.2 Å². The second-order valence-corrected chi connectivity index (χ2v) is 13.1. The standard InChI is InChI=1S/C27H42N2O6S/c1-18(2)11-21-15-28-10-8-19-13-25(33-3)26(34-4)14-23(19)24(28)12-22(21)17-35-27(30)20-7-6-9-29(16-20)36(5,31)32/h13-14,18,20-22,24H,6-12,15-17H2,1-5H3. The van der Waals surface area contributed by atoms with Crippen LogP contribution in [-0.4, -0.2) is 76.9 Å². The average molecular weight is 523 g/mol. The fraction of sp³-hybridized carbons (Fsp3) is 0.741. The topological polar surface area (TPSA) is 85.4 Å². The van der Waals surface area contributed by atoms with Crippen LogP contribution in [0, 0.1) is 23.7 Å². The second kappa shape index (κ2) is 11.3. The van der Waals surface area contributed by atoms with Crippen molar-refractivity contribution >= 4 is 16.0 Å². The van der Waals surface area contributed by atoms with Crippen molar-refractivity contribution in [1.29, 1.82) is 0 Å². The van der Waals surface area contributed by atoms with Gasteiger partial charge in [0.25, 0.3) is 0 Å². The molecule has 4 atom stereocenters. The zero-order valence-electron chi connectivity index (χ0n) is 22.4. The van der Waals surface area contributed by atoms with Crippen LogP contribution in [0.15, 0.2) is 12.1 Å². The van der Waals surface area contributed by atoms with Crippen molar-refractivity contribution in [3.05, 3.63) is 23.3 Å². The van der Waals surface area contributed by atoms with E-state index >= 15 is 0 Å². The van der Waals surface area contributed by atoms with E-state index in [0.29, 0.717) is 37.8 Å². The van der Waals surface area contributed by atoms with Crippen LogP contribution in [0.25, 0.3) is 0 Å². The van der Waals surface area contributed by atoms with Gasteiger partial charge in [0, 0.05) is 32.2 Å². The van der Waals surface area contributed by atoms with Crippen molar-refractivity contribution in [3.8, 4) is 11.5 Å². The molecular weight excluding hydrogens is 480 g/mol. The van der Waals surface area contributed by atoms with E-state index in [1.54, 1.807) is 14.2 Å². The van der Waals surface area contributed by atoms with Crippen LogP contribution in [0.5, 0.6) is 11.5 Å². The molecule has 0 radical (unpaired) electrons. The maximum atomic E-state index is 13.0. The van der Waals surface area contributed by atoms with Gasteiger partial charge in [-0.3, -0.25) is 9.69 Å². The minimum atomic E-state index is -3.30. The zero-order valence-corrected chi connectivity index (χ0v) is 23.2. The van der Waals surface area contributed by atoms with Crippen LogP contribution in [0.4, 0.5) is 0 Å². The number of hydrogen-bond acceptors (Lipinski definition) is 7. The fourth-order valence-corrected chi connectivity index (χ4v) is 7.24. The number of carbonyl (C=O) groups excluding carboxylic acids is 1. The summed E-state index contributed by atoms with van der Waals surface area (Å²) >= 11 is 0. The number of ether oxygens (including phenoxy) is 3. The van der Waals surface area contributed by atoms with Gasteiger partial charge in [-0.15, -0.1) is 0 Å². The summed E-state index contributed by atoms with van der Waals surface area (Å²) in [5.74, 6) is 2.14. The van der Waals surface area contributed by atoms with Crippen LogP contribution in [-0.2, 0) is 26.0 Å². The number of hydrogen-bond donors (Lipinski definition) is 0. The number of benzene rings is 1. The lowest BCUT2D eigenvalue weighted by Gasteiger charge is -2.47. The molecular formula is C27H42N2O6S. The van der Waals surface area contributed by atoms with Crippen molar-refractivity contribution in [1.82, 2.24) is 9.21 Å². The highest BCUT2D eigenvalue weighted by Gasteiger charge is 2.40. The molecule has 0 aliphatic carbocycles. The normalized spacial score (nSPS) is 27.3. The molecule has 1 aromatic rings. The van der Waals surface area contributed by atoms with Gasteiger partial charge in [0.2, 0.25) is 10.0 Å². The molecule has 4 unspecified atom stereocenters. The van der Waals surface area contributed by atoms with Crippen molar-refractivity contribution < 1.29 is 27.4 Å². The number of nitrogens with zero attached hydrogens (tertiary/aromatic N) is 2. The first-order valence-corrected chi connectivity index (χ1v) is 15.1. The Bertz CT molecular complexity index is 1040. The van der Waals surface area contributed by atoms with Crippen molar-refractivity contribution in [2.45, 2.75) is 52.0 Å². The maximum absolute atomic E-state index is 13.0. The van der Waals surface area contributed by atoms with E-state index in [9.17, 15) is 13.2 Å². The molecule has 0 aromatic heterocycles. The molecule has 3 heterocycles. The molecule has 4 rings (SSSR count). The van der Waals surface area contributed by atoms with Crippen molar-refractivity contribution in [3.63, 3.8) is 0 Å². The maximum Gasteiger partial charge on any atom is 0.310 e. The van der Waals surface area contributed by atoms with Crippen molar-refractivity contribution in [2.75, 3.05) is 53.3 Å². The Morgan fingerprint density at radius 2 is 1.81 bits per heavy atom. The van der Waals surface area contributed by atoms with Gasteiger partial charge in [0.1, 0.15) is 0 Å². The molecule has 1 aromatic carbocycles. The molecule has 36 heavy (non-hydrogen) atoms. The summed E-state index contributed by atoms with van der Waals surface area (Å²) in [5.41, 5.74) is 2.59. The SMILES string of the molecule is COc1cc2c(cc1OC)C1CC(COC(=O)C3CCCN(S(C)(=O)=O)C3)C(CC(C)C)CN1CC2. The molecule has 3 aliphatic rings. The molecule has 3 aliphatic heterocycles. The number of sulfonamides is 1. The van der Waals surface area contributed by atoms with E-state index in [2.05, 4.69) is 30.9 Å². The molecule has 2 saturated heterocycles. The molecule has 9 heteroatoms. The number of fused-ring (bicyclic) bond motifs is 3. The van der Waals surface area contributed by atoms with Gasteiger partial charge in [0.05, 0.1) is 33.0 Å². The highest BCUT2D eigenvalue weighted by atomic mass is 32.2. The van der Waals surface area contributed by atoms with Crippen LogP contribution in [0.2, 0.25) is 0 Å². The van der Waals surface area contributed by atoms with Crippen LogP contribution < -0.4 is 9.47 Å². The lowest BCUT2D eigenvalue weighted by atomic mass is 9.74. The Hall–Kier alpha value is -1.84. The monoisotopic (exact) mass is 522 g/mol. The second-order valence-electron chi connectivity index (χ2n) is 11.1. The first-order valence-electron chi connectivity index (χ1n) is 13.2. The predicted molar refractivity (Wildman–Crippen MR) is 139 cm³/mol. The smallest absolute Gasteiger partial charge is 0.310 e. The highest BCUT2D eigenvalue weighted by molar-refractivity contribution is 7.88. The third kappa shape index (κ3) is 6.00. The van der Waals surface area contributed by atoms with E-state index in [1.807, 2.05) is 0 Å². The highest BCUT2D eigenvalue weighted by Crippen LogP contribution is 2.45. The third-order valence-corrected chi connectivity index (χ3v) is 9.45. The number of carbonyl (C=O) groups is 1. The summed E-state index contributed by atoms with van der Waals surface area (Å²) in [4.78, 5) is 15.6. The number of esters is 1. The van der Waals surface area contributed by atoms with Crippen LogP contribution >= 0.6 is 0 Å². The summed E-state index contributed by atoms with van der Waals surface area (Å²) < 4.78 is 42.4. The molecule has 0 amide bonds. The quantitative estimate of drug-likeness (QED) is 0.483. The van der Waals surface area contributed by atoms with E-state index < -0.39 is 10.0 Å². The number of rotatable bonds is 8. The van der Waals surface area contributed by atoms with E-state index in [1.165, 1.54) is 21.7 Å². The zero-order chi connectivity index (χ0) is 26.0. The summed E-state index contributed by atoms with van der Waals surface area (Å²) in [7, 11) is 0.0367. The lowest BCUT2D eigenvalue weighted by Crippen LogP contribution is -2.48. The van der Waals surface area contributed by atoms with E-state index in [0.717, 1.165) is 43.9 Å². The van der Waals surface area contributed by atoms with Gasteiger partial charge < -0.3 is 14.2 Å². The van der Waals surface area contributed by atoms with Gasteiger partial charge in [-0.1, -0.05) is 13.8 Å².